The molecule has 3 aliphatic rings. The molecule has 382 valence electrons. The first-order valence-corrected chi connectivity index (χ1v) is 23.1. The van der Waals surface area contributed by atoms with Gasteiger partial charge in [0.1, 0.15) is 18.3 Å². The van der Waals surface area contributed by atoms with Gasteiger partial charge in [0.05, 0.1) is 55.6 Å². The maximum atomic E-state index is 12.9. The van der Waals surface area contributed by atoms with Crippen molar-refractivity contribution in [1.82, 2.24) is 15.1 Å². The normalized spacial score (nSPS) is 36.5. The predicted octanol–water partition coefficient (Wildman–Crippen LogP) is 2.09. The lowest BCUT2D eigenvalue weighted by molar-refractivity contribution is -0.267. The predicted molar refractivity (Wildman–Crippen MR) is 245 cm³/mol. The minimum Gasteiger partial charge on any atom is -0.469 e. The fourth-order valence-electron chi connectivity index (χ4n) is 7.98. The fourth-order valence-corrected chi connectivity index (χ4v) is 7.98. The summed E-state index contributed by atoms with van der Waals surface area (Å²) in [5.74, 6) is -2.50. The van der Waals surface area contributed by atoms with Crippen LogP contribution in [0.4, 0.5) is 0 Å². The molecule has 15 atom stereocenters. The highest BCUT2D eigenvalue weighted by Crippen LogP contribution is 2.36. The number of rotatable bonds is 9. The first kappa shape index (κ1) is 64.0. The largest absolute Gasteiger partial charge is 0.469 e. The summed E-state index contributed by atoms with van der Waals surface area (Å²) in [6.07, 6.45) is -0.460. The number of hydrogen-bond acceptors (Lipinski definition) is 17. The molecule has 18 nitrogen and oxygen atoms in total. The minimum atomic E-state index is -1.68. The van der Waals surface area contributed by atoms with Crippen LogP contribution in [0.15, 0.2) is 0 Å². The maximum Gasteiger partial charge on any atom is 0.311 e. The Morgan fingerprint density at radius 3 is 2.05 bits per heavy atom. The highest BCUT2D eigenvalue weighted by atomic mass is 16.7. The number of hydrogen-bond donors (Lipinski definition) is 8. The molecule has 64 heavy (non-hydrogen) atoms. The molecule has 0 bridgehead atoms. The van der Waals surface area contributed by atoms with Crippen molar-refractivity contribution < 1.29 is 73.8 Å². The zero-order chi connectivity index (χ0) is 50.1. The molecule has 10 unspecified atom stereocenters. The lowest BCUT2D eigenvalue weighted by Gasteiger charge is -2.45. The summed E-state index contributed by atoms with van der Waals surface area (Å²) < 4.78 is 27.6. The molecule has 3 heterocycles. The molecule has 0 aromatic heterocycles. The van der Waals surface area contributed by atoms with Crippen molar-refractivity contribution in [3.05, 3.63) is 0 Å². The molecule has 0 aromatic rings. The maximum absolute atomic E-state index is 12.9. The van der Waals surface area contributed by atoms with Crippen molar-refractivity contribution in [3.63, 3.8) is 0 Å². The van der Waals surface area contributed by atoms with Crippen LogP contribution in [0.25, 0.3) is 0 Å². The molecular formula is C46H93N3O15. The lowest BCUT2D eigenvalue weighted by Crippen LogP contribution is -2.55. The van der Waals surface area contributed by atoms with Crippen molar-refractivity contribution in [1.29, 1.82) is 0 Å². The van der Waals surface area contributed by atoms with Crippen LogP contribution in [-0.2, 0) is 38.1 Å². The van der Waals surface area contributed by atoms with Gasteiger partial charge in [-0.15, -0.1) is 0 Å². The number of likely N-dealkylation sites (N-methyl/N-ethyl adjacent to an activating group) is 1. The van der Waals surface area contributed by atoms with E-state index in [1.54, 1.807) is 27.7 Å². The van der Waals surface area contributed by atoms with Gasteiger partial charge in [0, 0.05) is 64.3 Å². The lowest BCUT2D eigenvalue weighted by atomic mass is 9.78. The molecule has 1 amide bonds. The number of esters is 2. The second-order valence-corrected chi connectivity index (χ2v) is 18.3. The standard InChI is InChI=1S/C28H54N2O8.C8H15NO4.C7H14O2.C2H6.CH4O/c1-16-13-27(6,34)25(38-22-12-21(29(8)9)11-17(2)37-22)18(3)23(31)19(4)26(33)36-15-28(7,35)24(32)20(5)30(10)14-16;1-13-8(12)4-3-7(11)9-5-2-6-10;1-5-3-4-9-6(2)7(5)8;2*1-2/h16-25,31-32,34-35H,11-15H2,1-10H3;10H,2-6H2,1H3,(H,9,11);5-8H,3-4H2,1-2H3;1-2H3;2H,1H3/t16-,17?,18+,19?,20?,21?,22?,23+,24?,25-,27?,28?;;5?,6?,7-;;/m1.1../s1. The van der Waals surface area contributed by atoms with Crippen LogP contribution in [0.1, 0.15) is 121 Å². The smallest absolute Gasteiger partial charge is 0.311 e. The van der Waals surface area contributed by atoms with Crippen molar-refractivity contribution in [2.24, 2.45) is 23.7 Å². The number of aliphatic hydroxyl groups excluding tert-OH is 5. The monoisotopic (exact) mass is 928 g/mol. The van der Waals surface area contributed by atoms with Gasteiger partial charge in [-0.1, -0.05) is 34.6 Å². The highest BCUT2D eigenvalue weighted by molar-refractivity contribution is 5.81. The summed E-state index contributed by atoms with van der Waals surface area (Å²) >= 11 is 0. The number of carbonyl (C=O) groups excluding carboxylic acids is 3. The minimum absolute atomic E-state index is 0.0220. The first-order chi connectivity index (χ1) is 29.8. The Bertz CT molecular complexity index is 1250. The molecule has 18 heteroatoms. The summed E-state index contributed by atoms with van der Waals surface area (Å²) in [4.78, 5) is 38.5. The van der Waals surface area contributed by atoms with E-state index >= 15 is 0 Å². The van der Waals surface area contributed by atoms with E-state index in [2.05, 4.69) is 21.9 Å². The third-order valence-electron chi connectivity index (χ3n) is 12.1. The van der Waals surface area contributed by atoms with Crippen molar-refractivity contribution in [2.75, 3.05) is 68.3 Å². The topological polar surface area (TPSA) is 257 Å². The van der Waals surface area contributed by atoms with Gasteiger partial charge >= 0.3 is 11.9 Å². The average molecular weight is 928 g/mol. The van der Waals surface area contributed by atoms with E-state index < -0.39 is 72.2 Å². The molecule has 0 saturated carbocycles. The zero-order valence-electron chi connectivity index (χ0n) is 42.3. The van der Waals surface area contributed by atoms with Crippen LogP contribution < -0.4 is 5.32 Å². The van der Waals surface area contributed by atoms with Gasteiger partial charge in [-0.25, -0.2) is 0 Å². The number of ether oxygens (including phenoxy) is 5. The van der Waals surface area contributed by atoms with Crippen LogP contribution in [0.5, 0.6) is 0 Å². The molecular weight excluding hydrogens is 835 g/mol. The zero-order valence-corrected chi connectivity index (χ0v) is 42.3. The molecule has 0 spiro atoms. The van der Waals surface area contributed by atoms with Crippen molar-refractivity contribution >= 4 is 17.8 Å². The van der Waals surface area contributed by atoms with Gasteiger partial charge in [0.25, 0.3) is 0 Å². The van der Waals surface area contributed by atoms with Crippen LogP contribution in [0, 0.1) is 23.7 Å². The summed E-state index contributed by atoms with van der Waals surface area (Å²) in [7, 11) is 8.17. The number of cyclic esters (lactones) is 1. The molecule has 8 N–H and O–H groups in total. The van der Waals surface area contributed by atoms with Gasteiger partial charge < -0.3 is 74.5 Å². The number of amides is 1. The van der Waals surface area contributed by atoms with E-state index in [1.807, 2.05) is 60.7 Å². The molecule has 3 saturated heterocycles. The third kappa shape index (κ3) is 23.1. The van der Waals surface area contributed by atoms with E-state index in [-0.39, 0.29) is 55.6 Å². The Morgan fingerprint density at radius 1 is 0.938 bits per heavy atom. The Balaban J connectivity index is 0. The summed E-state index contributed by atoms with van der Waals surface area (Å²) in [5, 5.41) is 72.2. The number of nitrogens with one attached hydrogen (secondary N) is 1. The molecule has 0 radical (unpaired) electrons. The Hall–Kier alpha value is -2.07. The highest BCUT2D eigenvalue weighted by Gasteiger charge is 2.47. The van der Waals surface area contributed by atoms with Gasteiger partial charge in [-0.05, 0) is 100 Å². The van der Waals surface area contributed by atoms with Crippen LogP contribution >= 0.6 is 0 Å². The fraction of sp³-hybridized carbons (Fsp3) is 0.935. The summed E-state index contributed by atoms with van der Waals surface area (Å²) in [5.41, 5.74) is -3.05. The molecule has 3 fully saturated rings. The SMILES string of the molecule is CC.CC1CC(N(C)C)CC(O[C@@H]2[C@@H](C)[C@H](O)C(C)C(=O)OCC(C)(O)C(O)C(C)N(C)C[C@H](C)CC2(C)O)O1.CC1CCOC(C)[C@@H]1O.CO.COC(=O)CCC(=O)NCCCO. The number of methoxy groups -OCH3 is 1. The molecule has 0 aromatic carbocycles. The Labute approximate surface area is 385 Å². The Morgan fingerprint density at radius 2 is 1.53 bits per heavy atom. The molecule has 0 aliphatic carbocycles. The van der Waals surface area contributed by atoms with Gasteiger partial charge in [0.2, 0.25) is 5.91 Å². The van der Waals surface area contributed by atoms with E-state index in [1.165, 1.54) is 14.0 Å². The summed E-state index contributed by atoms with van der Waals surface area (Å²) in [6.45, 7) is 21.7. The van der Waals surface area contributed by atoms with Crippen LogP contribution in [0.3, 0.4) is 0 Å². The molecule has 3 rings (SSSR count). The van der Waals surface area contributed by atoms with Crippen LogP contribution in [-0.4, -0.2) is 198 Å². The number of carbonyl (C=O) groups is 3. The number of aliphatic hydroxyl groups is 7. The van der Waals surface area contributed by atoms with Gasteiger partial charge in [-0.3, -0.25) is 14.4 Å². The second-order valence-electron chi connectivity index (χ2n) is 18.3. The summed E-state index contributed by atoms with van der Waals surface area (Å²) in [6, 6.07) is -0.200. The van der Waals surface area contributed by atoms with Crippen molar-refractivity contribution in [2.45, 2.75) is 187 Å². The van der Waals surface area contributed by atoms with Crippen LogP contribution in [0.2, 0.25) is 0 Å². The number of nitrogens with zero attached hydrogens (tertiary/aromatic N) is 2. The third-order valence-corrected chi connectivity index (χ3v) is 12.1. The van der Waals surface area contributed by atoms with E-state index in [0.717, 1.165) is 26.6 Å². The second kappa shape index (κ2) is 32.6. The van der Waals surface area contributed by atoms with E-state index in [0.29, 0.717) is 38.3 Å². The first-order valence-electron chi connectivity index (χ1n) is 23.1. The van der Waals surface area contributed by atoms with E-state index in [4.69, 9.17) is 29.2 Å². The quantitative estimate of drug-likeness (QED) is 0.122. The van der Waals surface area contributed by atoms with Crippen molar-refractivity contribution in [3.8, 4) is 0 Å². The van der Waals surface area contributed by atoms with E-state index in [9.17, 15) is 39.9 Å². The van der Waals surface area contributed by atoms with Gasteiger partial charge in [-0.2, -0.15) is 0 Å². The Kier molecular flexibility index (Phi) is 32.6. The van der Waals surface area contributed by atoms with Gasteiger partial charge in [0.15, 0.2) is 6.29 Å². The molecule has 3 aliphatic heterocycles. The average Bonchev–Trinajstić information content (AvgIpc) is 3.25.